The van der Waals surface area contributed by atoms with Crippen LogP contribution in [0.5, 0.6) is 0 Å². The molecule has 0 spiro atoms. The van der Waals surface area contributed by atoms with Gasteiger partial charge in [-0.3, -0.25) is 4.79 Å². The minimum Gasteiger partial charge on any atom is -0.466 e. The highest BCUT2D eigenvalue weighted by Gasteiger charge is 2.35. The van der Waals surface area contributed by atoms with Crippen LogP contribution in [0.2, 0.25) is 0 Å². The molecule has 4 heteroatoms. The molecule has 1 N–H and O–H groups in total. The van der Waals surface area contributed by atoms with Gasteiger partial charge >= 0.3 is 0 Å². The first kappa shape index (κ1) is 13.7. The fourth-order valence-corrected chi connectivity index (χ4v) is 3.12. The van der Waals surface area contributed by atoms with Crippen molar-refractivity contribution in [3.8, 4) is 0 Å². The van der Waals surface area contributed by atoms with Crippen molar-refractivity contribution < 1.29 is 9.21 Å². The minimum atomic E-state index is 0.167. The van der Waals surface area contributed by atoms with Crippen molar-refractivity contribution >= 4 is 5.91 Å². The molecule has 110 valence electrons. The van der Waals surface area contributed by atoms with E-state index in [4.69, 9.17) is 4.42 Å². The maximum Gasteiger partial charge on any atom is 0.257 e. The third-order valence-corrected chi connectivity index (χ3v) is 4.43. The Bertz CT molecular complexity index is 485. The van der Waals surface area contributed by atoms with Crippen LogP contribution in [-0.2, 0) is 0 Å². The zero-order chi connectivity index (χ0) is 14.1. The number of carbonyl (C=O) groups excluding carboxylic acids is 1. The van der Waals surface area contributed by atoms with Gasteiger partial charge in [0.2, 0.25) is 0 Å². The lowest BCUT2D eigenvalue weighted by Crippen LogP contribution is -2.40. The lowest BCUT2D eigenvalue weighted by Gasteiger charge is -2.30. The van der Waals surface area contributed by atoms with Crippen molar-refractivity contribution in [2.45, 2.75) is 45.6 Å². The minimum absolute atomic E-state index is 0.167. The largest absolute Gasteiger partial charge is 0.466 e. The van der Waals surface area contributed by atoms with E-state index in [1.165, 1.54) is 12.8 Å². The Morgan fingerprint density at radius 1 is 1.30 bits per heavy atom. The smallest absolute Gasteiger partial charge is 0.257 e. The average molecular weight is 276 g/mol. The maximum absolute atomic E-state index is 12.8. The van der Waals surface area contributed by atoms with Crippen LogP contribution in [0.3, 0.4) is 0 Å². The number of carbonyl (C=O) groups is 1. The summed E-state index contributed by atoms with van der Waals surface area (Å²) in [6.07, 6.45) is 4.68. The van der Waals surface area contributed by atoms with E-state index in [9.17, 15) is 4.79 Å². The topological polar surface area (TPSA) is 45.5 Å². The summed E-state index contributed by atoms with van der Waals surface area (Å²) in [7, 11) is 0. The van der Waals surface area contributed by atoms with Crippen LogP contribution in [0.4, 0.5) is 0 Å². The van der Waals surface area contributed by atoms with Gasteiger partial charge < -0.3 is 14.6 Å². The standard InChI is InChI=1S/C16H24N2O2/c1-11-9-15(12(2)20-11)16(19)18(14-3-4-14)10-13-5-7-17-8-6-13/h9,13-14,17H,3-8,10H2,1-2H3. The summed E-state index contributed by atoms with van der Waals surface area (Å²) in [6.45, 7) is 6.87. The molecule has 20 heavy (non-hydrogen) atoms. The predicted molar refractivity (Wildman–Crippen MR) is 77.8 cm³/mol. The lowest BCUT2D eigenvalue weighted by molar-refractivity contribution is 0.0700. The van der Waals surface area contributed by atoms with Crippen LogP contribution in [-0.4, -0.2) is 36.5 Å². The van der Waals surface area contributed by atoms with Gasteiger partial charge in [-0.2, -0.15) is 0 Å². The first-order chi connectivity index (χ1) is 9.65. The van der Waals surface area contributed by atoms with Crippen LogP contribution in [0.15, 0.2) is 10.5 Å². The molecular formula is C16H24N2O2. The number of hydrogen-bond donors (Lipinski definition) is 1. The van der Waals surface area contributed by atoms with Gasteiger partial charge in [0, 0.05) is 12.6 Å². The molecule has 1 saturated carbocycles. The fourth-order valence-electron chi connectivity index (χ4n) is 3.12. The van der Waals surface area contributed by atoms with Crippen molar-refractivity contribution in [2.24, 2.45) is 5.92 Å². The van der Waals surface area contributed by atoms with Crippen LogP contribution >= 0.6 is 0 Å². The van der Waals surface area contributed by atoms with E-state index in [2.05, 4.69) is 10.2 Å². The summed E-state index contributed by atoms with van der Waals surface area (Å²) in [5, 5.41) is 3.39. The van der Waals surface area contributed by atoms with E-state index in [0.717, 1.165) is 49.6 Å². The van der Waals surface area contributed by atoms with Gasteiger partial charge in [0.1, 0.15) is 11.5 Å². The second kappa shape index (κ2) is 5.60. The third kappa shape index (κ3) is 2.90. The Kier molecular flexibility index (Phi) is 3.83. The van der Waals surface area contributed by atoms with E-state index in [1.54, 1.807) is 0 Å². The molecule has 0 radical (unpaired) electrons. The van der Waals surface area contributed by atoms with E-state index in [-0.39, 0.29) is 5.91 Å². The molecule has 1 aliphatic carbocycles. The normalized spacial score (nSPS) is 20.1. The van der Waals surface area contributed by atoms with E-state index >= 15 is 0 Å². The highest BCUT2D eigenvalue weighted by molar-refractivity contribution is 5.95. The monoisotopic (exact) mass is 276 g/mol. The Balaban J connectivity index is 1.72. The number of amides is 1. The zero-order valence-corrected chi connectivity index (χ0v) is 12.4. The number of furan rings is 1. The third-order valence-electron chi connectivity index (χ3n) is 4.43. The van der Waals surface area contributed by atoms with Crippen LogP contribution in [0.1, 0.15) is 47.6 Å². The second-order valence-corrected chi connectivity index (χ2v) is 6.21. The Labute approximate surface area is 120 Å². The van der Waals surface area contributed by atoms with E-state index in [1.807, 2.05) is 19.9 Å². The second-order valence-electron chi connectivity index (χ2n) is 6.21. The van der Waals surface area contributed by atoms with Crippen molar-refractivity contribution in [2.75, 3.05) is 19.6 Å². The highest BCUT2D eigenvalue weighted by atomic mass is 16.3. The van der Waals surface area contributed by atoms with Crippen LogP contribution < -0.4 is 5.32 Å². The van der Waals surface area contributed by atoms with Crippen molar-refractivity contribution in [3.63, 3.8) is 0 Å². The lowest BCUT2D eigenvalue weighted by atomic mass is 9.97. The van der Waals surface area contributed by atoms with Crippen LogP contribution in [0, 0.1) is 19.8 Å². The first-order valence-corrected chi connectivity index (χ1v) is 7.74. The number of nitrogens with one attached hydrogen (secondary N) is 1. The zero-order valence-electron chi connectivity index (χ0n) is 12.4. The molecular weight excluding hydrogens is 252 g/mol. The summed E-state index contributed by atoms with van der Waals surface area (Å²) in [6, 6.07) is 2.35. The summed E-state index contributed by atoms with van der Waals surface area (Å²) < 4.78 is 5.52. The quantitative estimate of drug-likeness (QED) is 0.919. The molecule has 1 aromatic rings. The van der Waals surface area contributed by atoms with Gasteiger partial charge in [0.05, 0.1) is 5.56 Å². The molecule has 1 aromatic heterocycles. The van der Waals surface area contributed by atoms with E-state index in [0.29, 0.717) is 12.0 Å². The number of aryl methyl sites for hydroxylation is 2. The molecule has 2 heterocycles. The maximum atomic E-state index is 12.8. The molecule has 1 aliphatic heterocycles. The average Bonchev–Trinajstić information content (AvgIpc) is 3.22. The molecule has 0 aromatic carbocycles. The van der Waals surface area contributed by atoms with Gasteiger partial charge in [0.15, 0.2) is 0 Å². The van der Waals surface area contributed by atoms with E-state index < -0.39 is 0 Å². The van der Waals surface area contributed by atoms with Crippen LogP contribution in [0.25, 0.3) is 0 Å². The molecule has 1 amide bonds. The molecule has 0 unspecified atom stereocenters. The molecule has 0 atom stereocenters. The summed E-state index contributed by atoms with van der Waals surface area (Å²) in [5.74, 6) is 2.39. The number of hydrogen-bond acceptors (Lipinski definition) is 3. The molecule has 3 rings (SSSR count). The van der Waals surface area contributed by atoms with Crippen molar-refractivity contribution in [1.29, 1.82) is 0 Å². The summed E-state index contributed by atoms with van der Waals surface area (Å²) in [5.41, 5.74) is 0.753. The van der Waals surface area contributed by atoms with Crippen molar-refractivity contribution in [3.05, 3.63) is 23.2 Å². The fraction of sp³-hybridized carbons (Fsp3) is 0.688. The SMILES string of the molecule is Cc1cc(C(=O)N(CC2CCNCC2)C2CC2)c(C)o1. The highest BCUT2D eigenvalue weighted by Crippen LogP contribution is 2.31. The summed E-state index contributed by atoms with van der Waals surface area (Å²) in [4.78, 5) is 14.9. The Hall–Kier alpha value is -1.29. The molecule has 2 aliphatic rings. The number of rotatable bonds is 4. The molecule has 4 nitrogen and oxygen atoms in total. The van der Waals surface area contributed by atoms with Gasteiger partial charge in [-0.05, 0) is 64.6 Å². The predicted octanol–water partition coefficient (Wildman–Crippen LogP) is 2.50. The molecule has 1 saturated heterocycles. The van der Waals surface area contributed by atoms with Gasteiger partial charge in [0.25, 0.3) is 5.91 Å². The van der Waals surface area contributed by atoms with Gasteiger partial charge in [-0.1, -0.05) is 0 Å². The number of nitrogens with zero attached hydrogens (tertiary/aromatic N) is 1. The van der Waals surface area contributed by atoms with Gasteiger partial charge in [-0.25, -0.2) is 0 Å². The van der Waals surface area contributed by atoms with Crippen molar-refractivity contribution in [1.82, 2.24) is 10.2 Å². The molecule has 0 bridgehead atoms. The van der Waals surface area contributed by atoms with Gasteiger partial charge in [-0.15, -0.1) is 0 Å². The Morgan fingerprint density at radius 3 is 2.55 bits per heavy atom. The first-order valence-electron chi connectivity index (χ1n) is 7.74. The number of piperidine rings is 1. The Morgan fingerprint density at radius 2 is 2.00 bits per heavy atom. The molecule has 2 fully saturated rings. The summed E-state index contributed by atoms with van der Waals surface area (Å²) >= 11 is 0.